The highest BCUT2D eigenvalue weighted by Crippen LogP contribution is 2.44. The molecule has 0 aliphatic carbocycles. The number of hydrogen-bond donors (Lipinski definition) is 2. The lowest BCUT2D eigenvalue weighted by Gasteiger charge is -2.22. The maximum Gasteiger partial charge on any atom is 0.387 e. The lowest BCUT2D eigenvalue weighted by atomic mass is 9.84. The minimum atomic E-state index is -3.22. The van der Waals surface area contributed by atoms with E-state index in [0.29, 0.717) is 0 Å². The van der Waals surface area contributed by atoms with E-state index in [4.69, 9.17) is 8.83 Å². The predicted molar refractivity (Wildman–Crippen MR) is 122 cm³/mol. The number of para-hydroxylation sites is 3. The smallest absolute Gasteiger partial charge is 0.387 e. The second kappa shape index (κ2) is 8.60. The molecular weight excluding hydrogens is 462 g/mol. The molecular formula is C26H16F2O7. The van der Waals surface area contributed by atoms with Crippen LogP contribution >= 0.6 is 0 Å². The Morgan fingerprint density at radius 3 is 1.66 bits per heavy atom. The molecule has 0 saturated carbocycles. The SMILES string of the molecule is O=c1oc2ccccc2c(O)c1C(c1ccccc1OC(F)F)c1c(O)c2ccccc2oc1=O. The van der Waals surface area contributed by atoms with E-state index in [1.807, 2.05) is 0 Å². The van der Waals surface area contributed by atoms with E-state index < -0.39 is 46.4 Å². The standard InChI is InChI=1S/C26H16F2O7/c27-26(28)35-16-10-4-1-7-13(16)19(20-22(29)14-8-2-5-11-17(14)33-24(20)31)21-23(30)15-9-3-6-12-18(15)34-25(21)32/h1-12,19,26,29-30H. The zero-order chi connectivity index (χ0) is 24.7. The minimum Gasteiger partial charge on any atom is -0.507 e. The molecule has 9 heteroatoms. The van der Waals surface area contributed by atoms with Crippen molar-refractivity contribution in [3.05, 3.63) is 110 Å². The van der Waals surface area contributed by atoms with Crippen LogP contribution in [0, 0.1) is 0 Å². The average Bonchev–Trinajstić information content (AvgIpc) is 2.83. The maximum absolute atomic E-state index is 13.2. The first-order valence-corrected chi connectivity index (χ1v) is 10.4. The highest BCUT2D eigenvalue weighted by Gasteiger charge is 2.34. The molecule has 5 rings (SSSR count). The Morgan fingerprint density at radius 1 is 0.686 bits per heavy atom. The molecule has 0 aliphatic rings. The molecule has 2 heterocycles. The van der Waals surface area contributed by atoms with Crippen molar-refractivity contribution in [2.75, 3.05) is 0 Å². The van der Waals surface area contributed by atoms with Gasteiger partial charge in [0.1, 0.15) is 28.4 Å². The van der Waals surface area contributed by atoms with Crippen LogP contribution in [0.4, 0.5) is 8.78 Å². The van der Waals surface area contributed by atoms with Gasteiger partial charge in [-0.2, -0.15) is 8.78 Å². The van der Waals surface area contributed by atoms with Crippen LogP contribution in [0.2, 0.25) is 0 Å². The molecule has 2 aromatic heterocycles. The summed E-state index contributed by atoms with van der Waals surface area (Å²) in [6.45, 7) is -3.22. The molecule has 0 saturated heterocycles. The number of aromatic hydroxyl groups is 2. The molecule has 5 aromatic rings. The lowest BCUT2D eigenvalue weighted by Crippen LogP contribution is -2.22. The van der Waals surface area contributed by atoms with Crippen molar-refractivity contribution < 1.29 is 32.6 Å². The fourth-order valence-electron chi connectivity index (χ4n) is 4.18. The van der Waals surface area contributed by atoms with Gasteiger partial charge in [-0.1, -0.05) is 42.5 Å². The van der Waals surface area contributed by atoms with Gasteiger partial charge in [0.15, 0.2) is 0 Å². The Balaban J connectivity index is 1.92. The molecule has 176 valence electrons. The van der Waals surface area contributed by atoms with Crippen LogP contribution in [0.15, 0.2) is 91.2 Å². The lowest BCUT2D eigenvalue weighted by molar-refractivity contribution is -0.0504. The van der Waals surface area contributed by atoms with Crippen LogP contribution in [-0.2, 0) is 0 Å². The van der Waals surface area contributed by atoms with Crippen molar-refractivity contribution in [1.29, 1.82) is 0 Å². The van der Waals surface area contributed by atoms with Gasteiger partial charge in [-0.3, -0.25) is 0 Å². The molecule has 0 amide bonds. The van der Waals surface area contributed by atoms with Gasteiger partial charge >= 0.3 is 17.9 Å². The first kappa shape index (κ1) is 22.1. The topological polar surface area (TPSA) is 110 Å². The predicted octanol–water partition coefficient (Wildman–Crippen LogP) is 5.09. The zero-order valence-corrected chi connectivity index (χ0v) is 17.8. The van der Waals surface area contributed by atoms with Crippen LogP contribution in [-0.4, -0.2) is 16.8 Å². The van der Waals surface area contributed by atoms with Crippen molar-refractivity contribution in [2.24, 2.45) is 0 Å². The van der Waals surface area contributed by atoms with Crippen LogP contribution < -0.4 is 16.0 Å². The highest BCUT2D eigenvalue weighted by molar-refractivity contribution is 5.87. The van der Waals surface area contributed by atoms with Gasteiger partial charge in [0.25, 0.3) is 0 Å². The Bertz CT molecular complexity index is 1590. The normalized spacial score (nSPS) is 11.5. The highest BCUT2D eigenvalue weighted by atomic mass is 19.3. The fraction of sp³-hybridized carbons (Fsp3) is 0.0769. The van der Waals surface area contributed by atoms with Gasteiger partial charge in [0.05, 0.1) is 27.8 Å². The van der Waals surface area contributed by atoms with Gasteiger partial charge in [-0.25, -0.2) is 9.59 Å². The summed E-state index contributed by atoms with van der Waals surface area (Å²) >= 11 is 0. The van der Waals surface area contributed by atoms with Crippen molar-refractivity contribution in [3.63, 3.8) is 0 Å². The number of rotatable bonds is 5. The molecule has 0 unspecified atom stereocenters. The van der Waals surface area contributed by atoms with E-state index in [2.05, 4.69) is 4.74 Å². The summed E-state index contributed by atoms with van der Waals surface area (Å²) in [7, 11) is 0. The summed E-state index contributed by atoms with van der Waals surface area (Å²) in [4.78, 5) is 26.3. The van der Waals surface area contributed by atoms with Crippen molar-refractivity contribution in [3.8, 4) is 17.2 Å². The van der Waals surface area contributed by atoms with Crippen LogP contribution in [0.1, 0.15) is 22.6 Å². The molecule has 0 fully saturated rings. The Labute approximate surface area is 195 Å². The van der Waals surface area contributed by atoms with Crippen LogP contribution in [0.5, 0.6) is 17.2 Å². The molecule has 0 radical (unpaired) electrons. The van der Waals surface area contributed by atoms with Gasteiger partial charge in [0, 0.05) is 5.56 Å². The maximum atomic E-state index is 13.2. The molecule has 0 bridgehead atoms. The summed E-state index contributed by atoms with van der Waals surface area (Å²) in [5.41, 5.74) is -2.92. The fourth-order valence-corrected chi connectivity index (χ4v) is 4.18. The van der Waals surface area contributed by atoms with E-state index >= 15 is 0 Å². The summed E-state index contributed by atoms with van der Waals surface area (Å²) in [6, 6.07) is 17.7. The van der Waals surface area contributed by atoms with Crippen molar-refractivity contribution in [1.82, 2.24) is 0 Å². The zero-order valence-electron chi connectivity index (χ0n) is 17.8. The Hall–Kier alpha value is -4.66. The van der Waals surface area contributed by atoms with Crippen molar-refractivity contribution >= 4 is 21.9 Å². The Morgan fingerprint density at radius 2 is 1.14 bits per heavy atom. The largest absolute Gasteiger partial charge is 0.507 e. The van der Waals surface area contributed by atoms with E-state index in [9.17, 15) is 28.6 Å². The molecule has 0 aliphatic heterocycles. The van der Waals surface area contributed by atoms with Crippen LogP contribution in [0.3, 0.4) is 0 Å². The second-order valence-corrected chi connectivity index (χ2v) is 7.65. The first-order valence-electron chi connectivity index (χ1n) is 10.4. The number of hydrogen-bond acceptors (Lipinski definition) is 7. The number of ether oxygens (including phenoxy) is 1. The monoisotopic (exact) mass is 478 g/mol. The summed E-state index contributed by atoms with van der Waals surface area (Å²) in [5, 5.41) is 22.5. The molecule has 2 N–H and O–H groups in total. The van der Waals surface area contributed by atoms with E-state index in [0.717, 1.165) is 0 Å². The van der Waals surface area contributed by atoms with Gasteiger partial charge < -0.3 is 23.8 Å². The van der Waals surface area contributed by atoms with E-state index in [-0.39, 0.29) is 33.3 Å². The summed E-state index contributed by atoms with van der Waals surface area (Å²) < 4.78 is 41.8. The average molecular weight is 478 g/mol. The summed E-state index contributed by atoms with van der Waals surface area (Å²) in [5.74, 6) is -3.03. The van der Waals surface area contributed by atoms with Gasteiger partial charge in [0.2, 0.25) is 0 Å². The van der Waals surface area contributed by atoms with Gasteiger partial charge in [-0.15, -0.1) is 0 Å². The van der Waals surface area contributed by atoms with E-state index in [1.54, 1.807) is 24.3 Å². The minimum absolute atomic E-state index is 0.0735. The second-order valence-electron chi connectivity index (χ2n) is 7.65. The first-order chi connectivity index (χ1) is 16.9. The molecule has 3 aromatic carbocycles. The van der Waals surface area contributed by atoms with Crippen LogP contribution in [0.25, 0.3) is 21.9 Å². The third-order valence-corrected chi connectivity index (χ3v) is 5.66. The van der Waals surface area contributed by atoms with E-state index in [1.165, 1.54) is 48.5 Å². The summed E-state index contributed by atoms with van der Waals surface area (Å²) in [6.07, 6.45) is 0. The number of fused-ring (bicyclic) bond motifs is 2. The number of alkyl halides is 2. The number of benzene rings is 3. The Kier molecular flexibility index (Phi) is 5.44. The molecule has 35 heavy (non-hydrogen) atoms. The third kappa shape index (κ3) is 3.76. The third-order valence-electron chi connectivity index (χ3n) is 5.66. The number of halogens is 2. The van der Waals surface area contributed by atoms with Gasteiger partial charge in [-0.05, 0) is 30.3 Å². The molecule has 7 nitrogen and oxygen atoms in total. The quantitative estimate of drug-likeness (QED) is 0.339. The molecule has 0 spiro atoms. The molecule has 0 atom stereocenters. The van der Waals surface area contributed by atoms with Crippen molar-refractivity contribution in [2.45, 2.75) is 12.5 Å².